The van der Waals surface area contributed by atoms with E-state index in [0.717, 1.165) is 5.56 Å². The fourth-order valence-electron chi connectivity index (χ4n) is 2.88. The summed E-state index contributed by atoms with van der Waals surface area (Å²) in [5.41, 5.74) is 2.05. The smallest absolute Gasteiger partial charge is 0.241 e. The molecule has 0 heterocycles. The van der Waals surface area contributed by atoms with Gasteiger partial charge in [-0.05, 0) is 68.7 Å². The molecule has 0 fully saturated rings. The summed E-state index contributed by atoms with van der Waals surface area (Å²) in [6, 6.07) is 8.79. The summed E-state index contributed by atoms with van der Waals surface area (Å²) >= 11 is 0. The third-order valence-electron chi connectivity index (χ3n) is 4.00. The lowest BCUT2D eigenvalue weighted by atomic mass is 10.1. The topological polar surface area (TPSA) is 73.9 Å². The Morgan fingerprint density at radius 2 is 1.59 bits per heavy atom. The number of ether oxygens (including phenoxy) is 3. The molecule has 148 valence electrons. The first-order valence-electron chi connectivity index (χ1n) is 8.66. The van der Waals surface area contributed by atoms with E-state index >= 15 is 0 Å². The molecule has 0 atom stereocenters. The lowest BCUT2D eigenvalue weighted by molar-refractivity contribution is 0.230. The normalized spacial score (nSPS) is 11.5. The number of sulfonamides is 1. The molecule has 0 saturated carbocycles. The van der Waals surface area contributed by atoms with Crippen LogP contribution in [0.3, 0.4) is 0 Å². The van der Waals surface area contributed by atoms with Crippen molar-refractivity contribution in [2.75, 3.05) is 14.2 Å². The molecular formula is C20H27NO5S. The summed E-state index contributed by atoms with van der Waals surface area (Å²) in [6.07, 6.45) is 0.0178. The van der Waals surface area contributed by atoms with Crippen molar-refractivity contribution in [3.05, 3.63) is 47.0 Å². The zero-order chi connectivity index (χ0) is 20.2. The summed E-state index contributed by atoms with van der Waals surface area (Å²) in [4.78, 5) is 0.273. The van der Waals surface area contributed by atoms with E-state index in [1.54, 1.807) is 52.3 Å². The molecule has 0 bridgehead atoms. The van der Waals surface area contributed by atoms with Gasteiger partial charge < -0.3 is 14.2 Å². The molecule has 0 aliphatic carbocycles. The van der Waals surface area contributed by atoms with Crippen molar-refractivity contribution in [1.29, 1.82) is 0 Å². The molecule has 2 aromatic rings. The predicted molar refractivity (Wildman–Crippen MR) is 105 cm³/mol. The Morgan fingerprint density at radius 3 is 2.11 bits per heavy atom. The molecule has 0 aliphatic heterocycles. The van der Waals surface area contributed by atoms with Crippen molar-refractivity contribution in [2.45, 2.75) is 45.2 Å². The number of rotatable bonds is 8. The van der Waals surface area contributed by atoms with E-state index in [9.17, 15) is 8.42 Å². The van der Waals surface area contributed by atoms with Gasteiger partial charge in [0.05, 0.1) is 25.2 Å². The minimum absolute atomic E-state index is 0.0178. The van der Waals surface area contributed by atoms with E-state index in [-0.39, 0.29) is 17.5 Å². The lowest BCUT2D eigenvalue weighted by Gasteiger charge is -2.16. The van der Waals surface area contributed by atoms with Gasteiger partial charge in [0.2, 0.25) is 10.0 Å². The largest absolute Gasteiger partial charge is 0.497 e. The molecule has 2 aromatic carbocycles. The quantitative estimate of drug-likeness (QED) is 0.742. The first kappa shape index (κ1) is 21.1. The van der Waals surface area contributed by atoms with Crippen LogP contribution in [-0.2, 0) is 16.6 Å². The van der Waals surface area contributed by atoms with Gasteiger partial charge in [-0.25, -0.2) is 13.1 Å². The van der Waals surface area contributed by atoms with Crippen LogP contribution >= 0.6 is 0 Å². The molecule has 0 aliphatic rings. The summed E-state index contributed by atoms with van der Waals surface area (Å²) < 4.78 is 44.5. The highest BCUT2D eigenvalue weighted by molar-refractivity contribution is 7.89. The van der Waals surface area contributed by atoms with Gasteiger partial charge >= 0.3 is 0 Å². The van der Waals surface area contributed by atoms with Gasteiger partial charge in [-0.15, -0.1) is 0 Å². The molecule has 0 amide bonds. The Bertz CT molecular complexity index is 884. The molecule has 0 radical (unpaired) electrons. The highest BCUT2D eigenvalue weighted by Crippen LogP contribution is 2.29. The van der Waals surface area contributed by atoms with Crippen LogP contribution in [0.15, 0.2) is 35.2 Å². The van der Waals surface area contributed by atoms with Gasteiger partial charge in [-0.2, -0.15) is 0 Å². The number of benzene rings is 2. The Labute approximate surface area is 161 Å². The summed E-state index contributed by atoms with van der Waals surface area (Å²) in [5, 5.41) is 0. The fourth-order valence-corrected chi connectivity index (χ4v) is 4.34. The van der Waals surface area contributed by atoms with Crippen molar-refractivity contribution in [2.24, 2.45) is 0 Å². The van der Waals surface area contributed by atoms with E-state index < -0.39 is 10.0 Å². The molecule has 0 aromatic heterocycles. The predicted octanol–water partition coefficient (Wildman–Crippen LogP) is 3.59. The fraction of sp³-hybridized carbons (Fsp3) is 0.400. The molecule has 0 unspecified atom stereocenters. The third-order valence-corrected chi connectivity index (χ3v) is 5.70. The van der Waals surface area contributed by atoms with Crippen molar-refractivity contribution in [1.82, 2.24) is 4.72 Å². The summed E-state index contributed by atoms with van der Waals surface area (Å²) in [5.74, 6) is 1.83. The second-order valence-electron chi connectivity index (χ2n) is 6.57. The molecule has 27 heavy (non-hydrogen) atoms. The van der Waals surface area contributed by atoms with E-state index in [1.807, 2.05) is 19.9 Å². The van der Waals surface area contributed by atoms with E-state index in [0.29, 0.717) is 28.4 Å². The van der Waals surface area contributed by atoms with Crippen molar-refractivity contribution >= 4 is 10.0 Å². The number of hydrogen-bond acceptors (Lipinski definition) is 5. The van der Waals surface area contributed by atoms with E-state index in [4.69, 9.17) is 14.2 Å². The lowest BCUT2D eigenvalue weighted by Crippen LogP contribution is -2.25. The molecule has 0 spiro atoms. The number of hydrogen-bond donors (Lipinski definition) is 1. The zero-order valence-corrected chi connectivity index (χ0v) is 17.4. The van der Waals surface area contributed by atoms with E-state index in [2.05, 4.69) is 4.72 Å². The van der Waals surface area contributed by atoms with Gasteiger partial charge in [-0.1, -0.05) is 6.07 Å². The maximum Gasteiger partial charge on any atom is 0.241 e. The van der Waals surface area contributed by atoms with Crippen molar-refractivity contribution in [3.63, 3.8) is 0 Å². The standard InChI is InChI=1S/C20H27NO5S/c1-13(2)26-18-8-7-16(11-19(18)25-6)12-21-27(22,23)20-14(3)9-17(24-5)10-15(20)4/h7-11,13,21H,12H2,1-6H3. The maximum atomic E-state index is 12.8. The van der Waals surface area contributed by atoms with Crippen LogP contribution in [0.1, 0.15) is 30.5 Å². The second-order valence-corrected chi connectivity index (χ2v) is 8.27. The minimum atomic E-state index is -3.67. The molecule has 2 rings (SSSR count). The number of methoxy groups -OCH3 is 2. The molecular weight excluding hydrogens is 366 g/mol. The summed E-state index contributed by atoms with van der Waals surface area (Å²) in [7, 11) is -0.559. The number of aryl methyl sites for hydroxylation is 2. The molecule has 7 heteroatoms. The van der Waals surface area contributed by atoms with Gasteiger partial charge in [0, 0.05) is 6.54 Å². The van der Waals surface area contributed by atoms with Gasteiger partial charge in [-0.3, -0.25) is 0 Å². The zero-order valence-electron chi connectivity index (χ0n) is 16.6. The average Bonchev–Trinajstić information content (AvgIpc) is 2.59. The van der Waals surface area contributed by atoms with Crippen LogP contribution in [0, 0.1) is 13.8 Å². The van der Waals surface area contributed by atoms with Crippen LogP contribution in [0.5, 0.6) is 17.2 Å². The minimum Gasteiger partial charge on any atom is -0.497 e. The van der Waals surface area contributed by atoms with Crippen LogP contribution < -0.4 is 18.9 Å². The van der Waals surface area contributed by atoms with Crippen LogP contribution in [-0.4, -0.2) is 28.7 Å². The van der Waals surface area contributed by atoms with Gasteiger partial charge in [0.1, 0.15) is 5.75 Å². The van der Waals surface area contributed by atoms with Gasteiger partial charge in [0.25, 0.3) is 0 Å². The first-order valence-corrected chi connectivity index (χ1v) is 10.1. The average molecular weight is 394 g/mol. The highest BCUT2D eigenvalue weighted by Gasteiger charge is 2.20. The van der Waals surface area contributed by atoms with Crippen LogP contribution in [0.2, 0.25) is 0 Å². The molecule has 1 N–H and O–H groups in total. The third kappa shape index (κ3) is 5.14. The highest BCUT2D eigenvalue weighted by atomic mass is 32.2. The Morgan fingerprint density at radius 1 is 0.963 bits per heavy atom. The van der Waals surface area contributed by atoms with Crippen LogP contribution in [0.25, 0.3) is 0 Å². The Kier molecular flexibility index (Phi) is 6.73. The van der Waals surface area contributed by atoms with Crippen LogP contribution in [0.4, 0.5) is 0 Å². The number of nitrogens with one attached hydrogen (secondary N) is 1. The Balaban J connectivity index is 2.23. The summed E-state index contributed by atoms with van der Waals surface area (Å²) in [6.45, 7) is 7.52. The SMILES string of the molecule is COc1cc(C)c(S(=O)(=O)NCc2ccc(OC(C)C)c(OC)c2)c(C)c1. The van der Waals surface area contributed by atoms with Crippen molar-refractivity contribution in [3.8, 4) is 17.2 Å². The molecule has 0 saturated heterocycles. The van der Waals surface area contributed by atoms with E-state index in [1.165, 1.54) is 0 Å². The van der Waals surface area contributed by atoms with Gasteiger partial charge in [0.15, 0.2) is 11.5 Å². The monoisotopic (exact) mass is 393 g/mol. The molecule has 6 nitrogen and oxygen atoms in total. The Hall–Kier alpha value is -2.25. The van der Waals surface area contributed by atoms with Crippen molar-refractivity contribution < 1.29 is 22.6 Å². The maximum absolute atomic E-state index is 12.8. The first-order chi connectivity index (χ1) is 12.7. The second kappa shape index (κ2) is 8.63.